The molecule has 1 amide bonds. The van der Waals surface area contributed by atoms with E-state index in [1.165, 1.54) is 0 Å². The molecule has 3 N–H and O–H groups in total. The number of rotatable bonds is 2. The van der Waals surface area contributed by atoms with Crippen molar-refractivity contribution < 1.29 is 4.79 Å². The maximum absolute atomic E-state index is 12.2. The Hall–Kier alpha value is -2.00. The SMILES string of the molecule is Cc1cccc(N)c1C(=O)Nc1ccccc1Cl. The zero-order valence-corrected chi connectivity index (χ0v) is 10.7. The fourth-order valence-electron chi connectivity index (χ4n) is 1.75. The molecular weight excluding hydrogens is 248 g/mol. The van der Waals surface area contributed by atoms with Crippen molar-refractivity contribution in [2.75, 3.05) is 11.1 Å². The number of hydrogen-bond acceptors (Lipinski definition) is 2. The fraction of sp³-hybridized carbons (Fsp3) is 0.0714. The molecule has 0 saturated heterocycles. The minimum atomic E-state index is -0.251. The molecule has 0 atom stereocenters. The van der Waals surface area contributed by atoms with Gasteiger partial charge in [0.05, 0.1) is 16.3 Å². The Morgan fingerprint density at radius 1 is 1.17 bits per heavy atom. The maximum Gasteiger partial charge on any atom is 0.258 e. The Morgan fingerprint density at radius 2 is 1.89 bits per heavy atom. The predicted molar refractivity (Wildman–Crippen MR) is 75.0 cm³/mol. The Balaban J connectivity index is 2.31. The number of hydrogen-bond donors (Lipinski definition) is 2. The van der Waals surface area contributed by atoms with Gasteiger partial charge in [0, 0.05) is 5.69 Å². The molecule has 0 heterocycles. The van der Waals surface area contributed by atoms with Crippen molar-refractivity contribution in [2.45, 2.75) is 6.92 Å². The first-order valence-electron chi connectivity index (χ1n) is 5.50. The highest BCUT2D eigenvalue weighted by molar-refractivity contribution is 6.34. The molecule has 0 aromatic heterocycles. The van der Waals surface area contributed by atoms with Crippen LogP contribution < -0.4 is 11.1 Å². The third kappa shape index (κ3) is 2.46. The van der Waals surface area contributed by atoms with Crippen LogP contribution in [0.1, 0.15) is 15.9 Å². The number of anilines is 2. The van der Waals surface area contributed by atoms with Gasteiger partial charge in [-0.25, -0.2) is 0 Å². The van der Waals surface area contributed by atoms with Crippen LogP contribution in [0.4, 0.5) is 11.4 Å². The number of halogens is 1. The topological polar surface area (TPSA) is 55.1 Å². The molecule has 0 spiro atoms. The zero-order valence-electron chi connectivity index (χ0n) is 9.91. The van der Waals surface area contributed by atoms with Crippen LogP contribution in [-0.2, 0) is 0 Å². The maximum atomic E-state index is 12.2. The van der Waals surface area contributed by atoms with Gasteiger partial charge in [0.15, 0.2) is 0 Å². The number of nitrogens with one attached hydrogen (secondary N) is 1. The van der Waals surface area contributed by atoms with Crippen molar-refractivity contribution in [3.05, 3.63) is 58.6 Å². The molecule has 0 fully saturated rings. The van der Waals surface area contributed by atoms with Crippen molar-refractivity contribution in [3.63, 3.8) is 0 Å². The highest BCUT2D eigenvalue weighted by Gasteiger charge is 2.13. The molecule has 2 aromatic carbocycles. The van der Waals surface area contributed by atoms with Crippen LogP contribution >= 0.6 is 11.6 Å². The molecule has 0 saturated carbocycles. The van der Waals surface area contributed by atoms with Crippen molar-refractivity contribution in [1.82, 2.24) is 0 Å². The van der Waals surface area contributed by atoms with Crippen LogP contribution in [0.3, 0.4) is 0 Å². The molecule has 18 heavy (non-hydrogen) atoms. The van der Waals surface area contributed by atoms with E-state index in [4.69, 9.17) is 17.3 Å². The largest absolute Gasteiger partial charge is 0.398 e. The molecule has 0 aliphatic heterocycles. The first-order chi connectivity index (χ1) is 8.59. The zero-order chi connectivity index (χ0) is 13.1. The standard InChI is InChI=1S/C14H13ClN2O/c1-9-5-4-7-11(16)13(9)14(18)17-12-8-3-2-6-10(12)15/h2-8H,16H2,1H3,(H,17,18). The lowest BCUT2D eigenvalue weighted by molar-refractivity contribution is 0.102. The first-order valence-corrected chi connectivity index (χ1v) is 5.88. The second kappa shape index (κ2) is 5.10. The molecule has 92 valence electrons. The van der Waals surface area contributed by atoms with E-state index in [9.17, 15) is 4.79 Å². The highest BCUT2D eigenvalue weighted by atomic mass is 35.5. The van der Waals surface area contributed by atoms with Gasteiger partial charge >= 0.3 is 0 Å². The molecule has 0 radical (unpaired) electrons. The molecular formula is C14H13ClN2O. The molecule has 3 nitrogen and oxygen atoms in total. The van der Waals surface area contributed by atoms with E-state index in [1.54, 1.807) is 24.3 Å². The molecule has 0 unspecified atom stereocenters. The number of nitrogens with two attached hydrogens (primary N) is 1. The average molecular weight is 261 g/mol. The second-order valence-corrected chi connectivity index (χ2v) is 4.38. The normalized spacial score (nSPS) is 10.1. The van der Waals surface area contributed by atoms with E-state index in [-0.39, 0.29) is 5.91 Å². The number of aryl methyl sites for hydroxylation is 1. The molecule has 0 aliphatic carbocycles. The van der Waals surface area contributed by atoms with Gasteiger partial charge in [0.1, 0.15) is 0 Å². The number of para-hydroxylation sites is 1. The smallest absolute Gasteiger partial charge is 0.258 e. The lowest BCUT2D eigenvalue weighted by Gasteiger charge is -2.11. The van der Waals surface area contributed by atoms with Gasteiger partial charge in [-0.15, -0.1) is 0 Å². The van der Waals surface area contributed by atoms with Crippen molar-refractivity contribution in [1.29, 1.82) is 0 Å². The second-order valence-electron chi connectivity index (χ2n) is 3.97. The van der Waals surface area contributed by atoms with Gasteiger partial charge in [-0.3, -0.25) is 4.79 Å². The van der Waals surface area contributed by atoms with Crippen LogP contribution in [0.2, 0.25) is 5.02 Å². The van der Waals surface area contributed by atoms with E-state index in [2.05, 4.69) is 5.32 Å². The number of carbonyl (C=O) groups is 1. The fourth-order valence-corrected chi connectivity index (χ4v) is 1.93. The molecule has 0 aliphatic rings. The minimum absolute atomic E-state index is 0.251. The molecule has 4 heteroatoms. The number of carbonyl (C=O) groups excluding carboxylic acids is 1. The summed E-state index contributed by atoms with van der Waals surface area (Å²) in [7, 11) is 0. The van der Waals surface area contributed by atoms with E-state index < -0.39 is 0 Å². The van der Waals surface area contributed by atoms with Crippen molar-refractivity contribution >= 4 is 28.9 Å². The van der Waals surface area contributed by atoms with Crippen molar-refractivity contribution in [2.24, 2.45) is 0 Å². The lowest BCUT2D eigenvalue weighted by atomic mass is 10.1. The molecule has 0 bridgehead atoms. The number of nitrogen functional groups attached to an aromatic ring is 1. The summed E-state index contributed by atoms with van der Waals surface area (Å²) in [4.78, 5) is 12.2. The van der Waals surface area contributed by atoms with Gasteiger partial charge in [0.2, 0.25) is 0 Å². The van der Waals surface area contributed by atoms with Gasteiger partial charge in [-0.2, -0.15) is 0 Å². The monoisotopic (exact) mass is 260 g/mol. The third-order valence-electron chi connectivity index (χ3n) is 2.65. The Morgan fingerprint density at radius 3 is 2.56 bits per heavy atom. The quantitative estimate of drug-likeness (QED) is 0.812. The van der Waals surface area contributed by atoms with Crippen LogP contribution in [0.5, 0.6) is 0 Å². The Kier molecular flexibility index (Phi) is 3.53. The minimum Gasteiger partial charge on any atom is -0.398 e. The van der Waals surface area contributed by atoms with Crippen LogP contribution in [0, 0.1) is 6.92 Å². The van der Waals surface area contributed by atoms with Crippen molar-refractivity contribution in [3.8, 4) is 0 Å². The average Bonchev–Trinajstić information content (AvgIpc) is 2.32. The van der Waals surface area contributed by atoms with Gasteiger partial charge in [-0.1, -0.05) is 35.9 Å². The summed E-state index contributed by atoms with van der Waals surface area (Å²) < 4.78 is 0. The van der Waals surface area contributed by atoms with E-state index in [0.29, 0.717) is 22.0 Å². The van der Waals surface area contributed by atoms with Gasteiger partial charge < -0.3 is 11.1 Å². The summed E-state index contributed by atoms with van der Waals surface area (Å²) in [5.41, 5.74) is 8.17. The van der Waals surface area contributed by atoms with Gasteiger partial charge in [-0.05, 0) is 30.7 Å². The lowest BCUT2D eigenvalue weighted by Crippen LogP contribution is -2.15. The summed E-state index contributed by atoms with van der Waals surface area (Å²) in [6.07, 6.45) is 0. The van der Waals surface area contributed by atoms with E-state index in [0.717, 1.165) is 5.56 Å². The summed E-state index contributed by atoms with van der Waals surface area (Å²) >= 11 is 5.99. The third-order valence-corrected chi connectivity index (χ3v) is 2.98. The summed E-state index contributed by atoms with van der Waals surface area (Å²) in [6.45, 7) is 1.85. The molecule has 2 rings (SSSR count). The highest BCUT2D eigenvalue weighted by Crippen LogP contribution is 2.23. The van der Waals surface area contributed by atoms with E-state index in [1.807, 2.05) is 25.1 Å². The first kappa shape index (κ1) is 12.5. The van der Waals surface area contributed by atoms with Gasteiger partial charge in [0.25, 0.3) is 5.91 Å². The van der Waals surface area contributed by atoms with Crippen LogP contribution in [-0.4, -0.2) is 5.91 Å². The van der Waals surface area contributed by atoms with Crippen LogP contribution in [0.25, 0.3) is 0 Å². The van der Waals surface area contributed by atoms with Crippen LogP contribution in [0.15, 0.2) is 42.5 Å². The Bertz CT molecular complexity index is 576. The molecule has 2 aromatic rings. The summed E-state index contributed by atoms with van der Waals surface area (Å²) in [5, 5.41) is 3.26. The predicted octanol–water partition coefficient (Wildman–Crippen LogP) is 3.48. The van der Waals surface area contributed by atoms with E-state index >= 15 is 0 Å². The summed E-state index contributed by atoms with van der Waals surface area (Å²) in [5.74, 6) is -0.251. The Labute approximate surface area is 111 Å². The number of amides is 1. The summed E-state index contributed by atoms with van der Waals surface area (Å²) in [6, 6.07) is 12.4. The number of benzene rings is 2.